The van der Waals surface area contributed by atoms with E-state index in [4.69, 9.17) is 9.47 Å². The lowest BCUT2D eigenvalue weighted by Crippen LogP contribution is -2.55. The van der Waals surface area contributed by atoms with Gasteiger partial charge in [0.2, 0.25) is 5.91 Å². The van der Waals surface area contributed by atoms with Gasteiger partial charge in [0.15, 0.2) is 11.9 Å². The minimum absolute atomic E-state index is 0.0338. The number of benzene rings is 1. The molecule has 1 aliphatic rings. The number of hydrogen-bond acceptors (Lipinski definition) is 9. The molecule has 0 spiro atoms. The van der Waals surface area contributed by atoms with E-state index in [1.54, 1.807) is 20.8 Å². The largest absolute Gasteiger partial charge is 0.459 e. The number of likely N-dealkylation sites (tertiary alicyclic amines) is 1. The normalized spacial score (nSPS) is 17.8. The molecule has 0 aromatic heterocycles. The first kappa shape index (κ1) is 34.9. The number of ether oxygens (including phenoxy) is 2. The molecule has 11 heteroatoms. The Morgan fingerprint density at radius 3 is 2.29 bits per heavy atom. The average Bonchev–Trinajstić information content (AvgIpc) is 3.44. The number of hydroxylamine groups is 1. The van der Waals surface area contributed by atoms with E-state index in [0.717, 1.165) is 5.56 Å². The van der Waals surface area contributed by atoms with Crippen LogP contribution in [-0.4, -0.2) is 70.4 Å². The van der Waals surface area contributed by atoms with Crippen molar-refractivity contribution in [3.05, 3.63) is 35.9 Å². The fourth-order valence-corrected chi connectivity index (χ4v) is 4.93. The topological polar surface area (TPSA) is 151 Å². The molecule has 1 aromatic rings. The lowest BCUT2D eigenvalue weighted by atomic mass is 9.94. The summed E-state index contributed by atoms with van der Waals surface area (Å²) in [4.78, 5) is 66.6. The smallest absolute Gasteiger partial charge is 0.329 e. The predicted molar refractivity (Wildman–Crippen MR) is 155 cm³/mol. The molecule has 1 fully saturated rings. The van der Waals surface area contributed by atoms with E-state index in [9.17, 15) is 29.2 Å². The highest BCUT2D eigenvalue weighted by molar-refractivity contribution is 5.99. The quantitative estimate of drug-likeness (QED) is 0.150. The van der Waals surface area contributed by atoms with Crippen molar-refractivity contribution >= 4 is 29.5 Å². The summed E-state index contributed by atoms with van der Waals surface area (Å²) in [5.41, 5.74) is 2.79. The third-order valence-corrected chi connectivity index (χ3v) is 7.49. The van der Waals surface area contributed by atoms with Gasteiger partial charge < -0.3 is 24.9 Å². The van der Waals surface area contributed by atoms with E-state index < -0.39 is 66.1 Å². The first-order chi connectivity index (χ1) is 19.9. The maximum atomic E-state index is 13.7. The summed E-state index contributed by atoms with van der Waals surface area (Å²) in [6.07, 6.45) is 0.130. The summed E-state index contributed by atoms with van der Waals surface area (Å²) in [6.45, 7) is 11.3. The molecule has 2 amide bonds. The molecule has 0 saturated carbocycles. The van der Waals surface area contributed by atoms with Crippen LogP contribution in [0.1, 0.15) is 79.2 Å². The lowest BCUT2D eigenvalue weighted by molar-refractivity contribution is -0.161. The van der Waals surface area contributed by atoms with Crippen LogP contribution in [-0.2, 0) is 40.1 Å². The Kier molecular flexibility index (Phi) is 14.1. The zero-order valence-electron chi connectivity index (χ0n) is 25.6. The van der Waals surface area contributed by atoms with Crippen LogP contribution >= 0.6 is 0 Å². The number of nitrogens with zero attached hydrogens (tertiary/aromatic N) is 1. The summed E-state index contributed by atoms with van der Waals surface area (Å²) in [5.74, 6) is -3.63. The number of carbonyl (C=O) groups excluding carboxylic acids is 5. The lowest BCUT2D eigenvalue weighted by Gasteiger charge is -2.30. The molecule has 11 nitrogen and oxygen atoms in total. The second-order valence-electron chi connectivity index (χ2n) is 11.8. The molecule has 42 heavy (non-hydrogen) atoms. The third-order valence-electron chi connectivity index (χ3n) is 7.49. The molecule has 1 aromatic carbocycles. The Morgan fingerprint density at radius 2 is 1.71 bits per heavy atom. The minimum Gasteiger partial charge on any atom is -0.459 e. The molecule has 234 valence electrons. The Balaban J connectivity index is 2.10. The summed E-state index contributed by atoms with van der Waals surface area (Å²) < 4.78 is 10.9. The number of rotatable bonds is 16. The molecule has 1 heterocycles. The molecule has 0 aliphatic carbocycles. The van der Waals surface area contributed by atoms with Gasteiger partial charge in [-0.05, 0) is 42.6 Å². The first-order valence-corrected chi connectivity index (χ1v) is 14.8. The molecule has 2 rings (SSSR count). The molecular formula is C31H47N3O8. The van der Waals surface area contributed by atoms with Crippen LogP contribution in [0.3, 0.4) is 0 Å². The highest BCUT2D eigenvalue weighted by Crippen LogP contribution is 2.22. The Bertz CT molecular complexity index is 1060. The SMILES string of the molecule is CC[C@H](C)[C@@H](NO)C(=O)CC(=O)O[C@H](C(=O)N[C@@H](CC(C)C)C(=O)N1CCC[C@H]1C(=O)OCc1ccccc1)C(C)C. The van der Waals surface area contributed by atoms with Gasteiger partial charge in [0.05, 0.1) is 6.04 Å². The second-order valence-corrected chi connectivity index (χ2v) is 11.8. The van der Waals surface area contributed by atoms with Crippen LogP contribution in [0.25, 0.3) is 0 Å². The van der Waals surface area contributed by atoms with Crippen LogP contribution in [0, 0.1) is 17.8 Å². The molecular weight excluding hydrogens is 542 g/mol. The van der Waals surface area contributed by atoms with E-state index in [1.807, 2.05) is 56.6 Å². The number of ketones is 1. The second kappa shape index (κ2) is 17.0. The predicted octanol–water partition coefficient (Wildman–Crippen LogP) is 3.17. The molecule has 3 N–H and O–H groups in total. The zero-order valence-corrected chi connectivity index (χ0v) is 25.6. The van der Waals surface area contributed by atoms with Crippen molar-refractivity contribution in [3.63, 3.8) is 0 Å². The first-order valence-electron chi connectivity index (χ1n) is 14.8. The van der Waals surface area contributed by atoms with Crippen molar-refractivity contribution in [2.24, 2.45) is 17.8 Å². The highest BCUT2D eigenvalue weighted by Gasteiger charge is 2.40. The summed E-state index contributed by atoms with van der Waals surface area (Å²) in [7, 11) is 0. The van der Waals surface area contributed by atoms with E-state index in [-0.39, 0.29) is 18.4 Å². The van der Waals surface area contributed by atoms with Crippen LogP contribution in [0.4, 0.5) is 0 Å². The van der Waals surface area contributed by atoms with Crippen molar-refractivity contribution in [1.82, 2.24) is 15.7 Å². The summed E-state index contributed by atoms with van der Waals surface area (Å²) in [5, 5.41) is 12.1. The summed E-state index contributed by atoms with van der Waals surface area (Å²) in [6, 6.07) is 6.63. The van der Waals surface area contributed by atoms with Gasteiger partial charge in [-0.1, -0.05) is 78.3 Å². The number of amides is 2. The molecule has 1 saturated heterocycles. The van der Waals surface area contributed by atoms with Gasteiger partial charge in [-0.3, -0.25) is 19.2 Å². The van der Waals surface area contributed by atoms with Gasteiger partial charge in [-0.15, -0.1) is 0 Å². The van der Waals surface area contributed by atoms with Crippen molar-refractivity contribution < 1.29 is 38.7 Å². The maximum absolute atomic E-state index is 13.7. The molecule has 0 bridgehead atoms. The number of carbonyl (C=O) groups is 5. The maximum Gasteiger partial charge on any atom is 0.329 e. The van der Waals surface area contributed by atoms with E-state index >= 15 is 0 Å². The summed E-state index contributed by atoms with van der Waals surface area (Å²) >= 11 is 0. The van der Waals surface area contributed by atoms with Crippen molar-refractivity contribution in [2.75, 3.05) is 6.54 Å². The van der Waals surface area contributed by atoms with Gasteiger partial charge in [0.1, 0.15) is 25.1 Å². The number of esters is 2. The van der Waals surface area contributed by atoms with Gasteiger partial charge in [-0.25, -0.2) is 4.79 Å². The van der Waals surface area contributed by atoms with Crippen molar-refractivity contribution in [2.45, 2.75) is 104 Å². The molecule has 0 radical (unpaired) electrons. The van der Waals surface area contributed by atoms with Gasteiger partial charge >= 0.3 is 11.9 Å². The van der Waals surface area contributed by atoms with Crippen LogP contribution in [0.2, 0.25) is 0 Å². The van der Waals surface area contributed by atoms with Gasteiger partial charge in [0.25, 0.3) is 5.91 Å². The van der Waals surface area contributed by atoms with E-state index in [0.29, 0.717) is 32.2 Å². The minimum atomic E-state index is -1.25. The Labute approximate surface area is 248 Å². The fraction of sp³-hybridized carbons (Fsp3) is 0.645. The zero-order chi connectivity index (χ0) is 31.4. The number of Topliss-reactive ketones (excluding diaryl/α,β-unsaturated/α-hetero) is 1. The van der Waals surface area contributed by atoms with Gasteiger partial charge in [-0.2, -0.15) is 5.48 Å². The van der Waals surface area contributed by atoms with Crippen molar-refractivity contribution in [1.29, 1.82) is 0 Å². The molecule has 1 aliphatic heterocycles. The molecule has 5 atom stereocenters. The van der Waals surface area contributed by atoms with Crippen LogP contribution < -0.4 is 10.8 Å². The number of hydrogen-bond donors (Lipinski definition) is 3. The fourth-order valence-electron chi connectivity index (χ4n) is 4.93. The van der Waals surface area contributed by atoms with Crippen LogP contribution in [0.5, 0.6) is 0 Å². The van der Waals surface area contributed by atoms with Crippen LogP contribution in [0.15, 0.2) is 30.3 Å². The Hall–Kier alpha value is -3.31. The third kappa shape index (κ3) is 10.2. The van der Waals surface area contributed by atoms with Crippen molar-refractivity contribution in [3.8, 4) is 0 Å². The highest BCUT2D eigenvalue weighted by atomic mass is 16.5. The van der Waals surface area contributed by atoms with E-state index in [1.165, 1.54) is 4.90 Å². The molecule has 0 unspecified atom stereocenters. The van der Waals surface area contributed by atoms with E-state index in [2.05, 4.69) is 5.32 Å². The standard InChI is InChI=1S/C31H47N3O8/c1-7-21(6)27(33-40)25(35)17-26(36)42-28(20(4)5)29(37)32-23(16-19(2)3)30(38)34-15-11-14-24(34)31(39)41-18-22-12-9-8-10-13-22/h8-10,12-13,19-21,23-24,27-28,33,40H,7,11,14-18H2,1-6H3,(H,32,37)/t21-,23-,24-,27+,28-/m0/s1. The Morgan fingerprint density at radius 1 is 1.05 bits per heavy atom. The average molecular weight is 590 g/mol. The monoisotopic (exact) mass is 589 g/mol. The number of nitrogens with one attached hydrogen (secondary N) is 2. The van der Waals surface area contributed by atoms with Gasteiger partial charge in [0, 0.05) is 6.54 Å².